The highest BCUT2D eigenvalue weighted by molar-refractivity contribution is 6.42. The summed E-state index contributed by atoms with van der Waals surface area (Å²) < 4.78 is 13.4. The van der Waals surface area contributed by atoms with Gasteiger partial charge in [-0.2, -0.15) is 0 Å². The van der Waals surface area contributed by atoms with Gasteiger partial charge in [-0.15, -0.1) is 0 Å². The van der Waals surface area contributed by atoms with Crippen LogP contribution in [-0.4, -0.2) is 31.6 Å². The number of benzene rings is 2. The second kappa shape index (κ2) is 8.33. The average Bonchev–Trinajstić information content (AvgIpc) is 2.51. The molecule has 2 rings (SSSR count). The number of nitrogens with one attached hydrogen (secondary N) is 2. The number of hydrogen-bond donors (Lipinski definition) is 2. The first-order valence-electron chi connectivity index (χ1n) is 7.28. The van der Waals surface area contributed by atoms with E-state index in [1.54, 1.807) is 24.3 Å². The normalized spacial score (nSPS) is 12.1. The first-order chi connectivity index (χ1) is 11.4. The molecule has 2 aromatic rings. The Balaban J connectivity index is 1.98. The van der Waals surface area contributed by atoms with Gasteiger partial charge in [0.25, 0.3) is 0 Å². The largest absolute Gasteiger partial charge is 0.336 e. The Morgan fingerprint density at radius 2 is 1.92 bits per heavy atom. The van der Waals surface area contributed by atoms with Gasteiger partial charge < -0.3 is 15.5 Å². The Morgan fingerprint density at radius 3 is 2.54 bits per heavy atom. The van der Waals surface area contributed by atoms with Crippen LogP contribution >= 0.6 is 23.2 Å². The van der Waals surface area contributed by atoms with E-state index in [1.807, 2.05) is 25.1 Å². The van der Waals surface area contributed by atoms with Crippen LogP contribution in [0.3, 0.4) is 0 Å². The Bertz CT molecular complexity index is 725. The molecule has 0 aromatic heterocycles. The smallest absolute Gasteiger partial charge is 0.319 e. The molecule has 24 heavy (non-hydrogen) atoms. The molecule has 7 heteroatoms. The monoisotopic (exact) mass is 369 g/mol. The van der Waals surface area contributed by atoms with Gasteiger partial charge in [-0.1, -0.05) is 35.3 Å². The molecular formula is C17H18Cl2FN3O. The lowest BCUT2D eigenvalue weighted by molar-refractivity contribution is 0.243. The van der Waals surface area contributed by atoms with Gasteiger partial charge in [0.2, 0.25) is 0 Å². The zero-order chi connectivity index (χ0) is 17.7. The van der Waals surface area contributed by atoms with Crippen molar-refractivity contribution in [2.45, 2.75) is 6.04 Å². The summed E-state index contributed by atoms with van der Waals surface area (Å²) in [5.74, 6) is -0.306. The van der Waals surface area contributed by atoms with Gasteiger partial charge in [0.15, 0.2) is 0 Å². The Kier molecular flexibility index (Phi) is 6.43. The Labute approximate surface area is 150 Å². The summed E-state index contributed by atoms with van der Waals surface area (Å²) in [5.41, 5.74) is 1.32. The highest BCUT2D eigenvalue weighted by atomic mass is 35.5. The van der Waals surface area contributed by atoms with Gasteiger partial charge in [0.05, 0.1) is 16.1 Å². The summed E-state index contributed by atoms with van der Waals surface area (Å²) >= 11 is 11.8. The highest BCUT2D eigenvalue weighted by Crippen LogP contribution is 2.25. The summed E-state index contributed by atoms with van der Waals surface area (Å²) in [6.07, 6.45) is 0. The quantitative estimate of drug-likeness (QED) is 0.811. The van der Waals surface area contributed by atoms with E-state index in [0.717, 1.165) is 5.56 Å². The van der Waals surface area contributed by atoms with E-state index in [0.29, 0.717) is 22.3 Å². The van der Waals surface area contributed by atoms with E-state index < -0.39 is 0 Å². The SMILES string of the molecule is CN(C)C(CNC(=O)Nc1ccc(Cl)c(Cl)c1)c1cccc(F)c1. The molecule has 128 valence electrons. The van der Waals surface area contributed by atoms with E-state index in [1.165, 1.54) is 12.1 Å². The van der Waals surface area contributed by atoms with E-state index in [2.05, 4.69) is 10.6 Å². The maximum atomic E-state index is 13.4. The van der Waals surface area contributed by atoms with E-state index in [4.69, 9.17) is 23.2 Å². The molecule has 0 bridgehead atoms. The van der Waals surface area contributed by atoms with Crippen LogP contribution in [0.15, 0.2) is 42.5 Å². The Morgan fingerprint density at radius 1 is 1.17 bits per heavy atom. The minimum Gasteiger partial charge on any atom is -0.336 e. The molecular weight excluding hydrogens is 352 g/mol. The number of amides is 2. The third-order valence-corrected chi connectivity index (χ3v) is 4.23. The van der Waals surface area contributed by atoms with Crippen molar-refractivity contribution in [1.82, 2.24) is 10.2 Å². The molecule has 0 fully saturated rings. The number of likely N-dealkylation sites (N-methyl/N-ethyl adjacent to an activating group) is 1. The molecule has 0 aliphatic rings. The predicted octanol–water partition coefficient (Wildman–Crippen LogP) is 4.56. The van der Waals surface area contributed by atoms with Crippen LogP contribution in [0.5, 0.6) is 0 Å². The lowest BCUT2D eigenvalue weighted by Gasteiger charge is -2.25. The number of nitrogens with zero attached hydrogens (tertiary/aromatic N) is 1. The van der Waals surface area contributed by atoms with Crippen molar-refractivity contribution < 1.29 is 9.18 Å². The number of carbonyl (C=O) groups is 1. The fourth-order valence-electron chi connectivity index (χ4n) is 2.25. The molecule has 0 saturated heterocycles. The number of urea groups is 1. The van der Waals surface area contributed by atoms with Crippen LogP contribution in [-0.2, 0) is 0 Å². The minimum atomic E-state index is -0.378. The number of halogens is 3. The fraction of sp³-hybridized carbons (Fsp3) is 0.235. The van der Waals surface area contributed by atoms with Gasteiger partial charge in [0.1, 0.15) is 5.82 Å². The van der Waals surface area contributed by atoms with Crippen molar-refractivity contribution in [2.24, 2.45) is 0 Å². The van der Waals surface area contributed by atoms with Crippen molar-refractivity contribution in [3.8, 4) is 0 Å². The molecule has 4 nitrogen and oxygen atoms in total. The molecule has 2 N–H and O–H groups in total. The summed E-state index contributed by atoms with van der Waals surface area (Å²) in [6, 6.07) is 10.6. The van der Waals surface area contributed by atoms with Gasteiger partial charge in [-0.25, -0.2) is 9.18 Å². The molecule has 0 spiro atoms. The van der Waals surface area contributed by atoms with Gasteiger partial charge in [-0.3, -0.25) is 0 Å². The number of carbonyl (C=O) groups excluding carboxylic acids is 1. The number of rotatable bonds is 5. The molecule has 1 atom stereocenters. The summed E-state index contributed by atoms with van der Waals surface area (Å²) in [7, 11) is 3.74. The standard InChI is InChI=1S/C17H18Cl2FN3O/c1-23(2)16(11-4-3-5-12(20)8-11)10-21-17(24)22-13-6-7-14(18)15(19)9-13/h3-9,16H,10H2,1-2H3,(H2,21,22,24). The van der Waals surface area contributed by atoms with Crippen LogP contribution in [0.2, 0.25) is 10.0 Å². The molecule has 2 amide bonds. The van der Waals surface area contributed by atoms with E-state index in [-0.39, 0.29) is 17.9 Å². The average molecular weight is 370 g/mol. The third-order valence-electron chi connectivity index (χ3n) is 3.49. The third kappa shape index (κ3) is 5.09. The predicted molar refractivity (Wildman–Crippen MR) is 96.3 cm³/mol. The van der Waals surface area contributed by atoms with Crippen LogP contribution in [0.4, 0.5) is 14.9 Å². The minimum absolute atomic E-state index is 0.153. The van der Waals surface area contributed by atoms with Crippen molar-refractivity contribution in [1.29, 1.82) is 0 Å². The van der Waals surface area contributed by atoms with Crippen molar-refractivity contribution in [3.05, 3.63) is 63.9 Å². The molecule has 0 aliphatic heterocycles. The molecule has 0 aliphatic carbocycles. The summed E-state index contributed by atoms with van der Waals surface area (Å²) in [4.78, 5) is 14.0. The van der Waals surface area contributed by atoms with Crippen molar-refractivity contribution >= 4 is 34.9 Å². The zero-order valence-corrected chi connectivity index (χ0v) is 14.8. The molecule has 0 heterocycles. The van der Waals surface area contributed by atoms with E-state index >= 15 is 0 Å². The second-order valence-electron chi connectivity index (χ2n) is 5.50. The van der Waals surface area contributed by atoms with Crippen molar-refractivity contribution in [2.75, 3.05) is 26.0 Å². The maximum Gasteiger partial charge on any atom is 0.319 e. The topological polar surface area (TPSA) is 44.4 Å². The first-order valence-corrected chi connectivity index (χ1v) is 8.04. The van der Waals surface area contributed by atoms with E-state index in [9.17, 15) is 9.18 Å². The zero-order valence-electron chi connectivity index (χ0n) is 13.3. The lowest BCUT2D eigenvalue weighted by atomic mass is 10.1. The van der Waals surface area contributed by atoms with Gasteiger partial charge >= 0.3 is 6.03 Å². The van der Waals surface area contributed by atoms with Crippen molar-refractivity contribution in [3.63, 3.8) is 0 Å². The molecule has 2 aromatic carbocycles. The van der Waals surface area contributed by atoms with Crippen LogP contribution in [0.25, 0.3) is 0 Å². The fourth-order valence-corrected chi connectivity index (χ4v) is 2.55. The highest BCUT2D eigenvalue weighted by Gasteiger charge is 2.16. The van der Waals surface area contributed by atoms with Crippen LogP contribution < -0.4 is 10.6 Å². The van der Waals surface area contributed by atoms with Gasteiger partial charge in [-0.05, 0) is 50.0 Å². The summed E-state index contributed by atoms with van der Waals surface area (Å²) in [6.45, 7) is 0.323. The maximum absolute atomic E-state index is 13.4. The van der Waals surface area contributed by atoms with Crippen LogP contribution in [0, 0.1) is 5.82 Å². The second-order valence-corrected chi connectivity index (χ2v) is 6.31. The first kappa shape index (κ1) is 18.5. The lowest BCUT2D eigenvalue weighted by Crippen LogP contribution is -2.36. The molecule has 0 saturated carbocycles. The molecule has 0 radical (unpaired) electrons. The summed E-state index contributed by atoms with van der Waals surface area (Å²) in [5, 5.41) is 6.24. The van der Waals surface area contributed by atoms with Crippen LogP contribution in [0.1, 0.15) is 11.6 Å². The van der Waals surface area contributed by atoms with Gasteiger partial charge in [0, 0.05) is 12.2 Å². The molecule has 1 unspecified atom stereocenters. The number of hydrogen-bond acceptors (Lipinski definition) is 2. The Hall–Kier alpha value is -1.82. The number of anilines is 1.